The van der Waals surface area contributed by atoms with Gasteiger partial charge in [-0.3, -0.25) is 0 Å². The van der Waals surface area contributed by atoms with E-state index in [-0.39, 0.29) is 11.2 Å². The largest absolute Gasteiger partial charge is 0.476 e. The minimum atomic E-state index is -1.09. The van der Waals surface area contributed by atoms with Gasteiger partial charge in [0.2, 0.25) is 0 Å². The van der Waals surface area contributed by atoms with Gasteiger partial charge in [-0.1, -0.05) is 5.16 Å². The Labute approximate surface area is 93.6 Å². The molecule has 1 heterocycles. The highest BCUT2D eigenvalue weighted by Crippen LogP contribution is 2.07. The third-order valence-electron chi connectivity index (χ3n) is 2.02. The molecule has 1 aromatic heterocycles. The first kappa shape index (κ1) is 12.7. The van der Waals surface area contributed by atoms with Crippen molar-refractivity contribution in [3.05, 3.63) is 17.5 Å². The van der Waals surface area contributed by atoms with Gasteiger partial charge in [0.05, 0.1) is 13.2 Å². The Morgan fingerprint density at radius 1 is 1.69 bits per heavy atom. The van der Waals surface area contributed by atoms with Crippen molar-refractivity contribution in [2.24, 2.45) is 0 Å². The van der Waals surface area contributed by atoms with Crippen LogP contribution in [-0.4, -0.2) is 35.5 Å². The Morgan fingerprint density at radius 2 is 2.38 bits per heavy atom. The number of aromatic nitrogens is 1. The van der Waals surface area contributed by atoms with Crippen LogP contribution in [0.25, 0.3) is 0 Å². The molecule has 90 valence electrons. The fourth-order valence-electron chi connectivity index (χ4n) is 1.24. The number of hydrogen-bond acceptors (Lipinski definition) is 5. The van der Waals surface area contributed by atoms with Gasteiger partial charge in [-0.25, -0.2) is 4.79 Å². The summed E-state index contributed by atoms with van der Waals surface area (Å²) in [5.74, 6) is -0.604. The maximum absolute atomic E-state index is 10.6. The molecule has 0 bridgehead atoms. The number of nitrogens with zero attached hydrogens (tertiary/aromatic N) is 1. The normalized spacial score (nSPS) is 11.7. The molecule has 6 heteroatoms. The Morgan fingerprint density at radius 3 is 2.88 bits per heavy atom. The first-order valence-corrected chi connectivity index (χ1v) is 4.87. The van der Waals surface area contributed by atoms with Crippen LogP contribution in [0.2, 0.25) is 0 Å². The van der Waals surface area contributed by atoms with E-state index in [9.17, 15) is 4.79 Å². The van der Waals surface area contributed by atoms with Crippen LogP contribution in [0.1, 0.15) is 30.1 Å². The van der Waals surface area contributed by atoms with E-state index in [0.717, 1.165) is 0 Å². The second kappa shape index (κ2) is 5.09. The second-order valence-electron chi connectivity index (χ2n) is 4.15. The van der Waals surface area contributed by atoms with E-state index >= 15 is 0 Å². The highest BCUT2D eigenvalue weighted by Gasteiger charge is 2.18. The number of nitrogens with one attached hydrogen (secondary N) is 1. The summed E-state index contributed by atoms with van der Waals surface area (Å²) in [5.41, 5.74) is -0.286. The van der Waals surface area contributed by atoms with E-state index in [0.29, 0.717) is 18.9 Å². The molecule has 0 aliphatic carbocycles. The molecular weight excluding hydrogens is 212 g/mol. The van der Waals surface area contributed by atoms with E-state index in [4.69, 9.17) is 14.4 Å². The van der Waals surface area contributed by atoms with E-state index in [2.05, 4.69) is 10.5 Å². The molecule has 0 radical (unpaired) electrons. The molecule has 1 rings (SSSR count). The average molecular weight is 228 g/mol. The monoisotopic (exact) mass is 228 g/mol. The van der Waals surface area contributed by atoms with E-state index in [1.807, 2.05) is 13.8 Å². The van der Waals surface area contributed by atoms with Crippen LogP contribution in [0, 0.1) is 0 Å². The van der Waals surface area contributed by atoms with Gasteiger partial charge in [0.15, 0.2) is 11.5 Å². The molecule has 0 fully saturated rings. The van der Waals surface area contributed by atoms with Crippen LogP contribution < -0.4 is 5.32 Å². The van der Waals surface area contributed by atoms with Crippen LogP contribution >= 0.6 is 0 Å². The zero-order chi connectivity index (χ0) is 12.2. The molecule has 0 amide bonds. The van der Waals surface area contributed by atoms with Crippen molar-refractivity contribution in [1.29, 1.82) is 0 Å². The molecule has 0 aliphatic heterocycles. The molecule has 0 aliphatic rings. The van der Waals surface area contributed by atoms with Crippen LogP contribution in [0.5, 0.6) is 0 Å². The number of hydrogen-bond donors (Lipinski definition) is 2. The van der Waals surface area contributed by atoms with E-state index < -0.39 is 5.97 Å². The first-order valence-electron chi connectivity index (χ1n) is 4.87. The van der Waals surface area contributed by atoms with Crippen molar-refractivity contribution < 1.29 is 19.2 Å². The lowest BCUT2D eigenvalue weighted by Crippen LogP contribution is -2.42. The van der Waals surface area contributed by atoms with Crippen LogP contribution in [-0.2, 0) is 11.3 Å². The number of rotatable bonds is 6. The summed E-state index contributed by atoms with van der Waals surface area (Å²) in [6.07, 6.45) is 0. The summed E-state index contributed by atoms with van der Waals surface area (Å²) in [7, 11) is 1.63. The van der Waals surface area contributed by atoms with Gasteiger partial charge in [0.25, 0.3) is 0 Å². The van der Waals surface area contributed by atoms with Gasteiger partial charge in [0.1, 0.15) is 0 Å². The summed E-state index contributed by atoms with van der Waals surface area (Å²) in [6.45, 7) is 4.92. The van der Waals surface area contributed by atoms with Gasteiger partial charge < -0.3 is 19.7 Å². The maximum atomic E-state index is 10.6. The van der Waals surface area contributed by atoms with Gasteiger partial charge in [-0.05, 0) is 13.8 Å². The quantitative estimate of drug-likeness (QED) is 0.752. The number of carboxylic acids is 1. The summed E-state index contributed by atoms with van der Waals surface area (Å²) in [5, 5.41) is 15.2. The van der Waals surface area contributed by atoms with Gasteiger partial charge in [-0.15, -0.1) is 0 Å². The molecule has 0 saturated heterocycles. The Bertz CT molecular complexity index is 359. The molecule has 0 saturated carbocycles. The first-order chi connectivity index (χ1) is 7.44. The Kier molecular flexibility index (Phi) is 4.03. The number of ether oxygens (including phenoxy) is 1. The number of aromatic carboxylic acids is 1. The standard InChI is InChI=1S/C10H16N2O4/c1-10(2,6-15-3)11-5-7-4-8(9(13)14)12-16-7/h4,11H,5-6H2,1-3H3,(H,13,14). The van der Waals surface area contributed by atoms with E-state index in [1.165, 1.54) is 6.07 Å². The Balaban J connectivity index is 2.51. The topological polar surface area (TPSA) is 84.6 Å². The zero-order valence-corrected chi connectivity index (χ0v) is 9.61. The number of carbonyl (C=O) groups is 1. The van der Waals surface area contributed by atoms with Crippen molar-refractivity contribution in [3.63, 3.8) is 0 Å². The fraction of sp³-hybridized carbons (Fsp3) is 0.600. The minimum Gasteiger partial charge on any atom is -0.476 e. The Hall–Kier alpha value is -1.40. The number of methoxy groups -OCH3 is 1. The summed E-state index contributed by atoms with van der Waals surface area (Å²) in [6, 6.07) is 1.40. The smallest absolute Gasteiger partial charge is 0.358 e. The lowest BCUT2D eigenvalue weighted by atomic mass is 10.1. The van der Waals surface area contributed by atoms with Crippen LogP contribution in [0.3, 0.4) is 0 Å². The molecule has 16 heavy (non-hydrogen) atoms. The van der Waals surface area contributed by atoms with E-state index in [1.54, 1.807) is 7.11 Å². The molecular formula is C10H16N2O4. The van der Waals surface area contributed by atoms with Crippen molar-refractivity contribution in [2.75, 3.05) is 13.7 Å². The van der Waals surface area contributed by atoms with Crippen molar-refractivity contribution in [2.45, 2.75) is 25.9 Å². The van der Waals surface area contributed by atoms with Gasteiger partial charge >= 0.3 is 5.97 Å². The summed E-state index contributed by atoms with van der Waals surface area (Å²) < 4.78 is 9.90. The lowest BCUT2D eigenvalue weighted by Gasteiger charge is -2.24. The summed E-state index contributed by atoms with van der Waals surface area (Å²) in [4.78, 5) is 10.6. The van der Waals surface area contributed by atoms with Gasteiger partial charge in [-0.2, -0.15) is 0 Å². The van der Waals surface area contributed by atoms with Gasteiger partial charge in [0, 0.05) is 18.7 Å². The SMILES string of the molecule is COCC(C)(C)NCc1cc(C(=O)O)no1. The van der Waals surface area contributed by atoms with Crippen LogP contribution in [0.15, 0.2) is 10.6 Å². The highest BCUT2D eigenvalue weighted by molar-refractivity contribution is 5.85. The fourth-order valence-corrected chi connectivity index (χ4v) is 1.24. The molecule has 2 N–H and O–H groups in total. The molecule has 6 nitrogen and oxygen atoms in total. The molecule has 1 aromatic rings. The predicted octanol–water partition coefficient (Wildman–Crippen LogP) is 0.887. The zero-order valence-electron chi connectivity index (χ0n) is 9.61. The average Bonchev–Trinajstić information content (AvgIpc) is 2.63. The van der Waals surface area contributed by atoms with Crippen molar-refractivity contribution in [3.8, 4) is 0 Å². The summed E-state index contributed by atoms with van der Waals surface area (Å²) >= 11 is 0. The second-order valence-corrected chi connectivity index (χ2v) is 4.15. The lowest BCUT2D eigenvalue weighted by molar-refractivity contribution is 0.0685. The molecule has 0 unspecified atom stereocenters. The third-order valence-corrected chi connectivity index (χ3v) is 2.02. The molecule has 0 aromatic carbocycles. The highest BCUT2D eigenvalue weighted by atomic mass is 16.5. The maximum Gasteiger partial charge on any atom is 0.358 e. The molecule has 0 spiro atoms. The van der Waals surface area contributed by atoms with Crippen molar-refractivity contribution >= 4 is 5.97 Å². The predicted molar refractivity (Wildman–Crippen MR) is 56.3 cm³/mol. The minimum absolute atomic E-state index is 0.0821. The number of carboxylic acid groups (broad SMARTS) is 1. The van der Waals surface area contributed by atoms with Crippen molar-refractivity contribution in [1.82, 2.24) is 10.5 Å². The van der Waals surface area contributed by atoms with Crippen LogP contribution in [0.4, 0.5) is 0 Å². The molecule has 0 atom stereocenters. The third kappa shape index (κ3) is 3.63.